The van der Waals surface area contributed by atoms with Crippen molar-refractivity contribution < 1.29 is 9.59 Å². The van der Waals surface area contributed by atoms with E-state index in [4.69, 9.17) is 0 Å². The number of benzene rings is 3. The predicted octanol–water partition coefficient (Wildman–Crippen LogP) is 6.06. The molecule has 152 valence electrons. The number of anilines is 2. The lowest BCUT2D eigenvalue weighted by atomic mass is 10.2. The molecule has 3 rings (SSSR count). The van der Waals surface area contributed by atoms with Crippen LogP contribution in [0.1, 0.15) is 12.5 Å². The number of carbonyl (C=O) groups excluding carboxylic acids is 2. The Hall–Kier alpha value is -2.58. The van der Waals surface area contributed by atoms with Crippen molar-refractivity contribution in [1.82, 2.24) is 0 Å². The second-order valence-corrected chi connectivity index (χ2v) is 9.18. The molecule has 0 fully saturated rings. The fraction of sp³-hybridized carbons (Fsp3) is 0.0833. The van der Waals surface area contributed by atoms with E-state index >= 15 is 0 Å². The zero-order valence-electron chi connectivity index (χ0n) is 16.3. The van der Waals surface area contributed by atoms with E-state index in [0.717, 1.165) is 19.7 Å². The molecule has 1 unspecified atom stereocenters. The zero-order chi connectivity index (χ0) is 21.3. The minimum atomic E-state index is -0.284. The van der Waals surface area contributed by atoms with E-state index < -0.39 is 0 Å². The highest BCUT2D eigenvalue weighted by Crippen LogP contribution is 2.26. The first kappa shape index (κ1) is 22.1. The number of rotatable bonds is 7. The highest BCUT2D eigenvalue weighted by Gasteiger charge is 2.15. The van der Waals surface area contributed by atoms with Crippen molar-refractivity contribution in [2.24, 2.45) is 0 Å². The van der Waals surface area contributed by atoms with Gasteiger partial charge in [0.1, 0.15) is 0 Å². The first-order chi connectivity index (χ1) is 14.5. The molecule has 4 nitrogen and oxygen atoms in total. The van der Waals surface area contributed by atoms with Crippen LogP contribution in [0.25, 0.3) is 6.08 Å². The van der Waals surface area contributed by atoms with Crippen LogP contribution in [0.3, 0.4) is 0 Å². The van der Waals surface area contributed by atoms with E-state index in [-0.39, 0.29) is 17.1 Å². The van der Waals surface area contributed by atoms with Crippen molar-refractivity contribution in [3.8, 4) is 0 Å². The molecule has 0 aliphatic carbocycles. The van der Waals surface area contributed by atoms with E-state index in [1.54, 1.807) is 6.08 Å². The van der Waals surface area contributed by atoms with Gasteiger partial charge in [0.2, 0.25) is 11.8 Å². The normalized spacial score (nSPS) is 11.8. The van der Waals surface area contributed by atoms with Gasteiger partial charge in [-0.3, -0.25) is 9.59 Å². The van der Waals surface area contributed by atoms with Gasteiger partial charge in [0.05, 0.1) is 5.25 Å². The number of hydrogen-bond acceptors (Lipinski definition) is 3. The highest BCUT2D eigenvalue weighted by molar-refractivity contribution is 14.1. The third kappa shape index (κ3) is 7.03. The number of amides is 2. The summed E-state index contributed by atoms with van der Waals surface area (Å²) in [4.78, 5) is 25.6. The monoisotopic (exact) mass is 528 g/mol. The lowest BCUT2D eigenvalue weighted by Gasteiger charge is -2.13. The van der Waals surface area contributed by atoms with Crippen LogP contribution in [-0.4, -0.2) is 17.1 Å². The Kier molecular flexibility index (Phi) is 8.10. The third-order valence-electron chi connectivity index (χ3n) is 4.12. The average molecular weight is 528 g/mol. The van der Waals surface area contributed by atoms with Crippen LogP contribution in [0.4, 0.5) is 11.4 Å². The van der Waals surface area contributed by atoms with Crippen molar-refractivity contribution >= 4 is 63.6 Å². The summed E-state index contributed by atoms with van der Waals surface area (Å²) < 4.78 is 1.12. The fourth-order valence-corrected chi connectivity index (χ4v) is 3.89. The Morgan fingerprint density at radius 1 is 0.900 bits per heavy atom. The summed E-state index contributed by atoms with van der Waals surface area (Å²) >= 11 is 3.67. The maximum Gasteiger partial charge on any atom is 0.248 e. The lowest BCUT2D eigenvalue weighted by Crippen LogP contribution is -2.22. The van der Waals surface area contributed by atoms with Gasteiger partial charge < -0.3 is 10.6 Å². The number of carbonyl (C=O) groups is 2. The molecule has 3 aromatic carbocycles. The summed E-state index contributed by atoms with van der Waals surface area (Å²) in [5, 5.41) is 5.50. The van der Waals surface area contributed by atoms with Crippen LogP contribution in [0.5, 0.6) is 0 Å². The van der Waals surface area contributed by atoms with Gasteiger partial charge in [-0.25, -0.2) is 0 Å². The van der Waals surface area contributed by atoms with Gasteiger partial charge in [0, 0.05) is 25.9 Å². The van der Waals surface area contributed by atoms with Crippen LogP contribution in [0.15, 0.2) is 89.8 Å². The van der Waals surface area contributed by atoms with Crippen LogP contribution < -0.4 is 10.6 Å². The fourth-order valence-electron chi connectivity index (χ4n) is 2.60. The first-order valence-electron chi connectivity index (χ1n) is 9.37. The van der Waals surface area contributed by atoms with Crippen LogP contribution >= 0.6 is 34.4 Å². The van der Waals surface area contributed by atoms with Gasteiger partial charge in [0.25, 0.3) is 0 Å². The number of halogens is 1. The van der Waals surface area contributed by atoms with Gasteiger partial charge >= 0.3 is 0 Å². The Labute approximate surface area is 194 Å². The summed E-state index contributed by atoms with van der Waals surface area (Å²) in [5.41, 5.74) is 2.43. The second-order valence-electron chi connectivity index (χ2n) is 6.52. The molecule has 0 aliphatic rings. The minimum absolute atomic E-state index is 0.0681. The topological polar surface area (TPSA) is 58.2 Å². The molecule has 0 radical (unpaired) electrons. The van der Waals surface area contributed by atoms with Gasteiger partial charge in [0.15, 0.2) is 0 Å². The van der Waals surface area contributed by atoms with Gasteiger partial charge in [-0.1, -0.05) is 36.4 Å². The standard InChI is InChI=1S/C24H21IN2O2S/c1-17(24(29)27-20-13-11-19(25)12-14-20)30-22-9-5-8-21(16-22)26-23(28)15-10-18-6-3-2-4-7-18/h2-17H,1H3,(H,26,28)(H,27,29)/b15-10+. The average Bonchev–Trinajstić information content (AvgIpc) is 2.75. The highest BCUT2D eigenvalue weighted by atomic mass is 127. The van der Waals surface area contributed by atoms with Crippen LogP contribution in [0, 0.1) is 3.57 Å². The molecule has 2 N–H and O–H groups in total. The van der Waals surface area contributed by atoms with E-state index in [2.05, 4.69) is 33.2 Å². The predicted molar refractivity (Wildman–Crippen MR) is 134 cm³/mol. The van der Waals surface area contributed by atoms with Crippen molar-refractivity contribution in [3.63, 3.8) is 0 Å². The Bertz CT molecular complexity index is 1040. The Morgan fingerprint density at radius 3 is 2.37 bits per heavy atom. The smallest absolute Gasteiger partial charge is 0.248 e. The molecule has 6 heteroatoms. The quantitative estimate of drug-likeness (QED) is 0.223. The largest absolute Gasteiger partial charge is 0.325 e. The van der Waals surface area contributed by atoms with E-state index in [1.165, 1.54) is 17.8 Å². The summed E-state index contributed by atoms with van der Waals surface area (Å²) in [5.74, 6) is -0.271. The SMILES string of the molecule is CC(Sc1cccc(NC(=O)/C=C/c2ccccc2)c1)C(=O)Nc1ccc(I)cc1. The van der Waals surface area contributed by atoms with E-state index in [1.807, 2.05) is 85.8 Å². The van der Waals surface area contributed by atoms with Crippen LogP contribution in [0.2, 0.25) is 0 Å². The van der Waals surface area contributed by atoms with Crippen molar-refractivity contribution in [2.75, 3.05) is 10.6 Å². The third-order valence-corrected chi connectivity index (χ3v) is 5.94. The summed E-state index contributed by atoms with van der Waals surface area (Å²) in [6.45, 7) is 1.86. The molecule has 0 saturated heterocycles. The van der Waals surface area contributed by atoms with Crippen molar-refractivity contribution in [2.45, 2.75) is 17.1 Å². The molecule has 0 spiro atoms. The zero-order valence-corrected chi connectivity index (χ0v) is 19.3. The molecule has 0 aromatic heterocycles. The molecule has 0 saturated carbocycles. The van der Waals surface area contributed by atoms with E-state index in [0.29, 0.717) is 5.69 Å². The summed E-state index contributed by atoms with van der Waals surface area (Å²) in [6, 6.07) is 24.8. The Balaban J connectivity index is 1.56. The molecular weight excluding hydrogens is 507 g/mol. The van der Waals surface area contributed by atoms with Crippen molar-refractivity contribution in [1.29, 1.82) is 0 Å². The molecule has 0 bridgehead atoms. The molecular formula is C24H21IN2O2S. The number of hydrogen-bond donors (Lipinski definition) is 2. The Morgan fingerprint density at radius 2 is 1.63 bits per heavy atom. The summed E-state index contributed by atoms with van der Waals surface area (Å²) in [6.07, 6.45) is 3.28. The van der Waals surface area contributed by atoms with Crippen LogP contribution in [-0.2, 0) is 9.59 Å². The lowest BCUT2D eigenvalue weighted by molar-refractivity contribution is -0.115. The van der Waals surface area contributed by atoms with Gasteiger partial charge in [-0.2, -0.15) is 0 Å². The maximum absolute atomic E-state index is 12.5. The molecule has 1 atom stereocenters. The number of thioether (sulfide) groups is 1. The molecule has 2 amide bonds. The summed E-state index contributed by atoms with van der Waals surface area (Å²) in [7, 11) is 0. The minimum Gasteiger partial charge on any atom is -0.325 e. The number of nitrogens with one attached hydrogen (secondary N) is 2. The second kappa shape index (κ2) is 11.0. The maximum atomic E-state index is 12.5. The van der Waals surface area contributed by atoms with Crippen molar-refractivity contribution in [3.05, 3.63) is 94.1 Å². The first-order valence-corrected chi connectivity index (χ1v) is 11.3. The molecule has 0 aliphatic heterocycles. The molecule has 3 aromatic rings. The van der Waals surface area contributed by atoms with Gasteiger partial charge in [-0.15, -0.1) is 11.8 Å². The molecule has 0 heterocycles. The molecule has 30 heavy (non-hydrogen) atoms. The van der Waals surface area contributed by atoms with E-state index in [9.17, 15) is 9.59 Å². The van der Waals surface area contributed by atoms with Gasteiger partial charge in [-0.05, 0) is 83.6 Å².